The molecule has 0 spiro atoms. The maximum atomic E-state index is 9.82. The first-order valence-corrected chi connectivity index (χ1v) is 4.83. The molecule has 1 N–H and O–H groups in total. The van der Waals surface area contributed by atoms with Gasteiger partial charge in [0.15, 0.2) is 0 Å². The lowest BCUT2D eigenvalue weighted by Crippen LogP contribution is -1.95. The van der Waals surface area contributed by atoms with E-state index in [0.29, 0.717) is 6.61 Å². The summed E-state index contributed by atoms with van der Waals surface area (Å²) in [4.78, 5) is 18.8. The molecule has 0 amide bonds. The van der Waals surface area contributed by atoms with Gasteiger partial charge in [-0.1, -0.05) is 36.4 Å². The molecule has 0 unspecified atom stereocenters. The zero-order chi connectivity index (χ0) is 12.8. The first-order chi connectivity index (χ1) is 7.50. The maximum absolute atomic E-state index is 9.82. The van der Waals surface area contributed by atoms with Crippen LogP contribution in [0, 0.1) is 0 Å². The Morgan fingerprint density at radius 2 is 1.25 bits per heavy atom. The van der Waals surface area contributed by atoms with Crippen LogP contribution in [-0.4, -0.2) is 23.7 Å². The third-order valence-corrected chi connectivity index (χ3v) is 1.01. The standard InChI is InChI=1S/C6H6.C4H8O2.C2H4O2/c1-2-4-6-5-3-1;1-3-6-4(2)5;1-2(3)4/h1-6H;3H2,1-2H3;1H3,(H,3,4). The molecule has 0 aliphatic carbocycles. The van der Waals surface area contributed by atoms with Crippen molar-refractivity contribution >= 4 is 11.9 Å². The van der Waals surface area contributed by atoms with Crippen molar-refractivity contribution < 1.29 is 19.4 Å². The molecule has 90 valence electrons. The molecule has 0 saturated carbocycles. The Morgan fingerprint density at radius 3 is 1.31 bits per heavy atom. The van der Waals surface area contributed by atoms with E-state index in [9.17, 15) is 4.79 Å². The van der Waals surface area contributed by atoms with E-state index < -0.39 is 5.97 Å². The SMILES string of the molecule is CC(=O)O.CCOC(C)=O.c1ccccc1. The molecular weight excluding hydrogens is 208 g/mol. The number of rotatable bonds is 1. The van der Waals surface area contributed by atoms with Crippen LogP contribution in [0.3, 0.4) is 0 Å². The molecular formula is C12H18O4. The molecule has 0 radical (unpaired) electrons. The predicted molar refractivity (Wildman–Crippen MR) is 62.1 cm³/mol. The van der Waals surface area contributed by atoms with E-state index in [1.54, 1.807) is 6.92 Å². The predicted octanol–water partition coefficient (Wildman–Crippen LogP) is 2.35. The summed E-state index contributed by atoms with van der Waals surface area (Å²) in [6, 6.07) is 12.0. The molecule has 0 heterocycles. The monoisotopic (exact) mass is 226 g/mol. The second-order valence-electron chi connectivity index (χ2n) is 2.60. The molecule has 4 heteroatoms. The summed E-state index contributed by atoms with van der Waals surface area (Å²) in [5.41, 5.74) is 0. The number of carboxylic acids is 1. The van der Waals surface area contributed by atoms with Crippen molar-refractivity contribution in [2.24, 2.45) is 0 Å². The van der Waals surface area contributed by atoms with Gasteiger partial charge in [-0.25, -0.2) is 0 Å². The Kier molecular flexibility index (Phi) is 13.6. The summed E-state index contributed by atoms with van der Waals surface area (Å²) in [7, 11) is 0. The molecule has 0 fully saturated rings. The highest BCUT2D eigenvalue weighted by Crippen LogP contribution is 1.79. The van der Waals surface area contributed by atoms with Crippen molar-refractivity contribution in [3.8, 4) is 0 Å². The highest BCUT2D eigenvalue weighted by Gasteiger charge is 1.81. The largest absolute Gasteiger partial charge is 0.481 e. The molecule has 4 nitrogen and oxygen atoms in total. The van der Waals surface area contributed by atoms with Crippen molar-refractivity contribution in [2.45, 2.75) is 20.8 Å². The van der Waals surface area contributed by atoms with E-state index in [2.05, 4.69) is 4.74 Å². The van der Waals surface area contributed by atoms with Gasteiger partial charge in [0.2, 0.25) is 0 Å². The second kappa shape index (κ2) is 13.2. The highest BCUT2D eigenvalue weighted by molar-refractivity contribution is 5.65. The van der Waals surface area contributed by atoms with Crippen LogP contribution in [0.25, 0.3) is 0 Å². The molecule has 1 rings (SSSR count). The van der Waals surface area contributed by atoms with Gasteiger partial charge in [0.1, 0.15) is 0 Å². The van der Waals surface area contributed by atoms with Crippen LogP contribution in [0.1, 0.15) is 20.8 Å². The summed E-state index contributed by atoms with van der Waals surface area (Å²) in [6.45, 7) is 4.74. The van der Waals surface area contributed by atoms with Crippen LogP contribution in [0.15, 0.2) is 36.4 Å². The number of carbonyl (C=O) groups is 2. The van der Waals surface area contributed by atoms with Crippen molar-refractivity contribution in [1.29, 1.82) is 0 Å². The summed E-state index contributed by atoms with van der Waals surface area (Å²) in [5.74, 6) is -1.04. The number of aliphatic carboxylic acids is 1. The summed E-state index contributed by atoms with van der Waals surface area (Å²) < 4.78 is 4.40. The molecule has 1 aromatic carbocycles. The third kappa shape index (κ3) is 29.5. The number of carbonyl (C=O) groups excluding carboxylic acids is 1. The zero-order valence-corrected chi connectivity index (χ0v) is 9.84. The second-order valence-corrected chi connectivity index (χ2v) is 2.60. The van der Waals surface area contributed by atoms with Crippen LogP contribution >= 0.6 is 0 Å². The van der Waals surface area contributed by atoms with Crippen molar-refractivity contribution in [3.63, 3.8) is 0 Å². The Labute approximate surface area is 95.9 Å². The van der Waals surface area contributed by atoms with E-state index in [1.807, 2.05) is 36.4 Å². The number of benzene rings is 1. The van der Waals surface area contributed by atoms with E-state index in [0.717, 1.165) is 6.92 Å². The van der Waals surface area contributed by atoms with Crippen molar-refractivity contribution in [2.75, 3.05) is 6.61 Å². The number of hydrogen-bond donors (Lipinski definition) is 1. The fourth-order valence-electron chi connectivity index (χ4n) is 0.588. The number of ether oxygens (including phenoxy) is 1. The summed E-state index contributed by atoms with van der Waals surface area (Å²) in [5, 5.41) is 7.42. The van der Waals surface area contributed by atoms with Crippen LogP contribution in [-0.2, 0) is 14.3 Å². The fourth-order valence-corrected chi connectivity index (χ4v) is 0.588. The van der Waals surface area contributed by atoms with E-state index in [4.69, 9.17) is 9.90 Å². The maximum Gasteiger partial charge on any atom is 0.302 e. The number of hydrogen-bond acceptors (Lipinski definition) is 3. The number of carboxylic acid groups (broad SMARTS) is 1. The normalized spacial score (nSPS) is 7.44. The molecule has 0 saturated heterocycles. The summed E-state index contributed by atoms with van der Waals surface area (Å²) in [6.07, 6.45) is 0. The Balaban J connectivity index is 0. The van der Waals surface area contributed by atoms with Gasteiger partial charge in [-0.05, 0) is 6.92 Å². The third-order valence-electron chi connectivity index (χ3n) is 1.01. The van der Waals surface area contributed by atoms with E-state index in [1.165, 1.54) is 6.92 Å². The van der Waals surface area contributed by atoms with Crippen molar-refractivity contribution in [1.82, 2.24) is 0 Å². The average molecular weight is 226 g/mol. The van der Waals surface area contributed by atoms with Gasteiger partial charge in [0, 0.05) is 13.8 Å². The molecule has 0 bridgehead atoms. The minimum atomic E-state index is -0.833. The molecule has 0 aromatic heterocycles. The van der Waals surface area contributed by atoms with Gasteiger partial charge in [-0.2, -0.15) is 0 Å². The molecule has 16 heavy (non-hydrogen) atoms. The van der Waals surface area contributed by atoms with Gasteiger partial charge in [0.05, 0.1) is 6.61 Å². The van der Waals surface area contributed by atoms with Crippen LogP contribution in [0.2, 0.25) is 0 Å². The minimum absolute atomic E-state index is 0.211. The smallest absolute Gasteiger partial charge is 0.302 e. The Bertz CT molecular complexity index is 239. The topological polar surface area (TPSA) is 63.6 Å². The fraction of sp³-hybridized carbons (Fsp3) is 0.333. The Morgan fingerprint density at radius 1 is 1.00 bits per heavy atom. The molecule has 0 aliphatic rings. The van der Waals surface area contributed by atoms with E-state index in [-0.39, 0.29) is 5.97 Å². The lowest BCUT2D eigenvalue weighted by molar-refractivity contribution is -0.140. The molecule has 0 aliphatic heterocycles. The first kappa shape index (κ1) is 16.6. The van der Waals surface area contributed by atoms with Crippen LogP contribution in [0.4, 0.5) is 0 Å². The van der Waals surface area contributed by atoms with Crippen molar-refractivity contribution in [3.05, 3.63) is 36.4 Å². The van der Waals surface area contributed by atoms with Crippen LogP contribution in [0.5, 0.6) is 0 Å². The summed E-state index contributed by atoms with van der Waals surface area (Å²) >= 11 is 0. The van der Waals surface area contributed by atoms with Crippen LogP contribution < -0.4 is 0 Å². The van der Waals surface area contributed by atoms with Gasteiger partial charge in [-0.15, -0.1) is 0 Å². The Hall–Kier alpha value is -1.84. The lowest BCUT2D eigenvalue weighted by Gasteiger charge is -1.89. The zero-order valence-electron chi connectivity index (χ0n) is 9.84. The quantitative estimate of drug-likeness (QED) is 0.746. The van der Waals surface area contributed by atoms with E-state index >= 15 is 0 Å². The first-order valence-electron chi connectivity index (χ1n) is 4.83. The van der Waals surface area contributed by atoms with Gasteiger partial charge in [-0.3, -0.25) is 9.59 Å². The van der Waals surface area contributed by atoms with Gasteiger partial charge < -0.3 is 9.84 Å². The lowest BCUT2D eigenvalue weighted by atomic mass is 10.4. The molecule has 1 aromatic rings. The molecule has 0 atom stereocenters. The van der Waals surface area contributed by atoms with Gasteiger partial charge >= 0.3 is 5.97 Å². The van der Waals surface area contributed by atoms with Gasteiger partial charge in [0.25, 0.3) is 5.97 Å². The average Bonchev–Trinajstić information content (AvgIpc) is 2.20. The number of esters is 1. The minimum Gasteiger partial charge on any atom is -0.481 e. The highest BCUT2D eigenvalue weighted by atomic mass is 16.5.